The highest BCUT2D eigenvalue weighted by molar-refractivity contribution is 9.10. The molecule has 0 aliphatic heterocycles. The van der Waals surface area contributed by atoms with Gasteiger partial charge in [0.25, 0.3) is 5.56 Å². The summed E-state index contributed by atoms with van der Waals surface area (Å²) in [6, 6.07) is 11.9. The van der Waals surface area contributed by atoms with Crippen molar-refractivity contribution in [3.05, 3.63) is 63.5 Å². The van der Waals surface area contributed by atoms with Crippen molar-refractivity contribution >= 4 is 37.7 Å². The second-order valence-electron chi connectivity index (χ2n) is 5.06. The molecule has 0 saturated heterocycles. The van der Waals surface area contributed by atoms with E-state index in [0.29, 0.717) is 16.6 Å². The van der Waals surface area contributed by atoms with Crippen LogP contribution in [0.1, 0.15) is 4.11 Å². The summed E-state index contributed by atoms with van der Waals surface area (Å²) in [5.41, 5.74) is 1.79. The van der Waals surface area contributed by atoms with E-state index in [0.717, 1.165) is 15.4 Å². The number of hydrogen-bond donors (Lipinski definition) is 1. The third-order valence-corrected chi connectivity index (χ3v) is 4.19. The summed E-state index contributed by atoms with van der Waals surface area (Å²) in [4.78, 5) is 17.1. The molecule has 0 amide bonds. The Labute approximate surface area is 143 Å². The maximum absolute atomic E-state index is 12.7. The summed E-state index contributed by atoms with van der Waals surface area (Å²) in [5, 5.41) is 4.42. The van der Waals surface area contributed by atoms with Crippen LogP contribution in [0.2, 0.25) is 0 Å². The molecule has 0 unspecified atom stereocenters. The number of aromatic amines is 1. The molecule has 0 atom stereocenters. The van der Waals surface area contributed by atoms with Gasteiger partial charge >= 0.3 is 0 Å². The first-order valence-corrected chi connectivity index (χ1v) is 7.60. The largest absolute Gasteiger partial charge is 0.497 e. The highest BCUT2D eigenvalue weighted by atomic mass is 79.9. The van der Waals surface area contributed by atoms with Crippen LogP contribution < -0.4 is 10.3 Å². The monoisotopic (exact) mass is 372 g/mol. The van der Waals surface area contributed by atoms with E-state index in [9.17, 15) is 4.79 Å². The molecule has 0 saturated carbocycles. The average Bonchev–Trinajstić information content (AvgIpc) is 2.91. The molecule has 2 aromatic carbocycles. The van der Waals surface area contributed by atoms with Crippen molar-refractivity contribution in [2.45, 2.75) is 0 Å². The van der Waals surface area contributed by atoms with Crippen molar-refractivity contribution in [3.8, 4) is 11.4 Å². The number of benzene rings is 2. The van der Waals surface area contributed by atoms with E-state index in [2.05, 4.69) is 26.0 Å². The molecule has 114 valence electrons. The van der Waals surface area contributed by atoms with Crippen molar-refractivity contribution < 1.29 is 8.85 Å². The van der Waals surface area contributed by atoms with E-state index in [4.69, 9.17) is 8.85 Å². The molecule has 23 heavy (non-hydrogen) atoms. The van der Waals surface area contributed by atoms with Gasteiger partial charge in [0.1, 0.15) is 5.75 Å². The standard InChI is InChI=1S/C17H12BrN3O2/c1-23-12-5-3-11(4-6-12)21-17(22)14-9-19-15-8-10(18)2-7-13(15)16(14)20-21/h2-9,20H,1H3/i1D3. The maximum atomic E-state index is 12.7. The van der Waals surface area contributed by atoms with E-state index in [-0.39, 0.29) is 11.3 Å². The normalized spacial score (nSPS) is 13.7. The number of halogens is 1. The SMILES string of the molecule is [2H]C([2H])([2H])Oc1ccc(-n2[nH]c3c(cnc4cc(Br)ccc43)c2=O)cc1. The Hall–Kier alpha value is -2.60. The van der Waals surface area contributed by atoms with Crippen LogP contribution in [0.5, 0.6) is 5.75 Å². The molecular formula is C17H12BrN3O2. The predicted octanol–water partition coefficient (Wildman–Crippen LogP) is 3.64. The summed E-state index contributed by atoms with van der Waals surface area (Å²) < 4.78 is 28.5. The fourth-order valence-corrected chi connectivity index (χ4v) is 2.93. The van der Waals surface area contributed by atoms with Crippen molar-refractivity contribution in [2.24, 2.45) is 0 Å². The van der Waals surface area contributed by atoms with Crippen LogP contribution in [0.15, 0.2) is 57.9 Å². The Kier molecular flexibility index (Phi) is 2.51. The smallest absolute Gasteiger partial charge is 0.280 e. The lowest BCUT2D eigenvalue weighted by Crippen LogP contribution is -2.14. The molecule has 0 fully saturated rings. The summed E-state index contributed by atoms with van der Waals surface area (Å²) >= 11 is 3.41. The average molecular weight is 373 g/mol. The number of nitrogens with zero attached hydrogens (tertiary/aromatic N) is 2. The number of H-pyrrole nitrogens is 1. The van der Waals surface area contributed by atoms with Gasteiger partial charge in [-0.3, -0.25) is 14.9 Å². The van der Waals surface area contributed by atoms with Gasteiger partial charge in [-0.25, -0.2) is 4.68 Å². The van der Waals surface area contributed by atoms with Gasteiger partial charge in [-0.05, 0) is 42.5 Å². The van der Waals surface area contributed by atoms with Gasteiger partial charge in [0.2, 0.25) is 0 Å². The zero-order valence-corrected chi connectivity index (χ0v) is 13.3. The highest BCUT2D eigenvalue weighted by Gasteiger charge is 2.12. The van der Waals surface area contributed by atoms with Crippen LogP contribution in [-0.4, -0.2) is 21.8 Å². The number of rotatable bonds is 2. The number of aromatic nitrogens is 3. The van der Waals surface area contributed by atoms with Gasteiger partial charge in [-0.15, -0.1) is 0 Å². The molecular weight excluding hydrogens is 358 g/mol. The lowest BCUT2D eigenvalue weighted by molar-refractivity contribution is 0.414. The number of pyridine rings is 1. The Balaban J connectivity index is 1.83. The zero-order chi connectivity index (χ0) is 18.5. The highest BCUT2D eigenvalue weighted by Crippen LogP contribution is 2.24. The summed E-state index contributed by atoms with van der Waals surface area (Å²) in [6.07, 6.45) is 1.55. The minimum absolute atomic E-state index is 0.204. The van der Waals surface area contributed by atoms with Gasteiger partial charge in [-0.2, -0.15) is 0 Å². The van der Waals surface area contributed by atoms with Crippen LogP contribution in [0.4, 0.5) is 0 Å². The van der Waals surface area contributed by atoms with Gasteiger partial charge in [0, 0.05) is 16.1 Å². The van der Waals surface area contributed by atoms with E-state index < -0.39 is 7.04 Å². The molecule has 4 aromatic rings. The van der Waals surface area contributed by atoms with Crippen molar-refractivity contribution in [1.82, 2.24) is 14.8 Å². The van der Waals surface area contributed by atoms with Gasteiger partial charge in [-0.1, -0.05) is 15.9 Å². The zero-order valence-electron chi connectivity index (χ0n) is 14.7. The first-order valence-electron chi connectivity index (χ1n) is 8.30. The van der Waals surface area contributed by atoms with Gasteiger partial charge in [0.05, 0.1) is 33.3 Å². The molecule has 0 aliphatic carbocycles. The van der Waals surface area contributed by atoms with Crippen molar-refractivity contribution in [1.29, 1.82) is 0 Å². The topological polar surface area (TPSA) is 59.9 Å². The molecule has 2 aromatic heterocycles. The summed E-state index contributed by atoms with van der Waals surface area (Å²) in [5.74, 6) is 0.204. The van der Waals surface area contributed by atoms with Crippen LogP contribution >= 0.6 is 15.9 Å². The third-order valence-electron chi connectivity index (χ3n) is 3.70. The molecule has 6 heteroatoms. The van der Waals surface area contributed by atoms with Gasteiger partial charge in [0.15, 0.2) is 0 Å². The Bertz CT molecular complexity index is 1180. The first-order chi connectivity index (χ1) is 12.3. The molecule has 0 radical (unpaired) electrons. The second kappa shape index (κ2) is 5.24. The molecule has 2 heterocycles. The Morgan fingerprint density at radius 1 is 1.22 bits per heavy atom. The van der Waals surface area contributed by atoms with E-state index >= 15 is 0 Å². The molecule has 0 bridgehead atoms. The number of ether oxygens (including phenoxy) is 1. The lowest BCUT2D eigenvalue weighted by atomic mass is 10.2. The molecule has 1 N–H and O–H groups in total. The quantitative estimate of drug-likeness (QED) is 0.584. The molecule has 0 spiro atoms. The molecule has 0 aliphatic rings. The number of methoxy groups -OCH3 is 1. The van der Waals surface area contributed by atoms with Crippen LogP contribution in [-0.2, 0) is 0 Å². The Morgan fingerprint density at radius 2 is 2.04 bits per heavy atom. The third kappa shape index (κ3) is 2.22. The van der Waals surface area contributed by atoms with E-state index in [1.54, 1.807) is 18.3 Å². The predicted molar refractivity (Wildman–Crippen MR) is 93.4 cm³/mol. The lowest BCUT2D eigenvalue weighted by Gasteiger charge is -2.03. The van der Waals surface area contributed by atoms with Crippen molar-refractivity contribution in [2.75, 3.05) is 7.04 Å². The fraction of sp³-hybridized carbons (Fsp3) is 0.0588. The molecule has 5 nitrogen and oxygen atoms in total. The number of nitrogens with one attached hydrogen (secondary N) is 1. The first kappa shape index (κ1) is 11.0. The minimum atomic E-state index is -2.52. The second-order valence-corrected chi connectivity index (χ2v) is 5.97. The van der Waals surface area contributed by atoms with Crippen molar-refractivity contribution in [3.63, 3.8) is 0 Å². The van der Waals surface area contributed by atoms with E-state index in [1.165, 1.54) is 16.8 Å². The number of hydrogen-bond acceptors (Lipinski definition) is 3. The summed E-state index contributed by atoms with van der Waals surface area (Å²) in [6.45, 7) is 0. The van der Waals surface area contributed by atoms with Crippen LogP contribution in [0.25, 0.3) is 27.5 Å². The van der Waals surface area contributed by atoms with E-state index in [1.807, 2.05) is 18.2 Å². The van der Waals surface area contributed by atoms with Gasteiger partial charge < -0.3 is 4.74 Å². The summed E-state index contributed by atoms with van der Waals surface area (Å²) in [7, 11) is -2.52. The van der Waals surface area contributed by atoms with Crippen LogP contribution in [0, 0.1) is 0 Å². The maximum Gasteiger partial charge on any atom is 0.280 e. The minimum Gasteiger partial charge on any atom is -0.497 e. The van der Waals surface area contributed by atoms with Crippen LogP contribution in [0.3, 0.4) is 0 Å². The number of fused-ring (bicyclic) bond motifs is 3. The Morgan fingerprint density at radius 3 is 2.83 bits per heavy atom. The fourth-order valence-electron chi connectivity index (χ4n) is 2.58. The molecule has 4 rings (SSSR count).